The molecule has 0 saturated heterocycles. The van der Waals surface area contributed by atoms with Crippen molar-refractivity contribution in [2.24, 2.45) is 0 Å². The maximum atomic E-state index is 14.1. The smallest absolute Gasteiger partial charge is 0.337 e. The lowest BCUT2D eigenvalue weighted by Crippen LogP contribution is -2.14. The number of H-pyrrole nitrogens is 1. The van der Waals surface area contributed by atoms with Crippen LogP contribution in [0, 0.1) is 5.82 Å². The number of hydrogen-bond donors (Lipinski definition) is 2. The molecule has 1 amide bonds. The van der Waals surface area contributed by atoms with Crippen LogP contribution >= 0.6 is 0 Å². The zero-order chi connectivity index (χ0) is 17.8. The van der Waals surface area contributed by atoms with Gasteiger partial charge in [0.05, 0.1) is 18.2 Å². The molecule has 1 aromatic heterocycles. The molecule has 0 radical (unpaired) electrons. The third-order valence-electron chi connectivity index (χ3n) is 3.55. The number of aromatic nitrogens is 2. The Balaban J connectivity index is 1.75. The third-order valence-corrected chi connectivity index (χ3v) is 3.55. The number of halogens is 1. The van der Waals surface area contributed by atoms with Gasteiger partial charge in [-0.3, -0.25) is 4.79 Å². The van der Waals surface area contributed by atoms with Crippen LogP contribution in [0.25, 0.3) is 11.4 Å². The van der Waals surface area contributed by atoms with Crippen LogP contribution in [-0.2, 0) is 4.74 Å². The minimum atomic E-state index is -0.799. The van der Waals surface area contributed by atoms with Crippen molar-refractivity contribution in [1.82, 2.24) is 9.97 Å². The lowest BCUT2D eigenvalue weighted by atomic mass is 10.1. The van der Waals surface area contributed by atoms with Gasteiger partial charge in [-0.1, -0.05) is 0 Å². The zero-order valence-electron chi connectivity index (χ0n) is 13.2. The minimum absolute atomic E-state index is 0.0411. The molecule has 6 nitrogen and oxygen atoms in total. The summed E-state index contributed by atoms with van der Waals surface area (Å²) >= 11 is 0. The number of anilines is 1. The van der Waals surface area contributed by atoms with Gasteiger partial charge in [0, 0.05) is 23.6 Å². The summed E-state index contributed by atoms with van der Waals surface area (Å²) in [4.78, 5) is 30.7. The molecule has 2 aromatic carbocycles. The second-order valence-electron chi connectivity index (χ2n) is 5.16. The Hall–Kier alpha value is -3.48. The van der Waals surface area contributed by atoms with Crippen molar-refractivity contribution in [3.05, 3.63) is 71.8 Å². The quantitative estimate of drug-likeness (QED) is 0.715. The molecule has 0 aliphatic carbocycles. The van der Waals surface area contributed by atoms with Crippen LogP contribution in [-0.4, -0.2) is 29.0 Å². The molecule has 1 heterocycles. The number of nitrogens with zero attached hydrogens (tertiary/aromatic N) is 1. The number of imidazole rings is 1. The first-order chi connectivity index (χ1) is 12.1. The molecule has 0 aliphatic rings. The van der Waals surface area contributed by atoms with Crippen LogP contribution in [0.5, 0.6) is 0 Å². The van der Waals surface area contributed by atoms with Crippen LogP contribution in [0.4, 0.5) is 10.1 Å². The largest absolute Gasteiger partial charge is 0.465 e. The number of carbonyl (C=O) groups is 2. The molecule has 3 rings (SSSR count). The Morgan fingerprint density at radius 3 is 2.52 bits per heavy atom. The predicted molar refractivity (Wildman–Crippen MR) is 89.7 cm³/mol. The lowest BCUT2D eigenvalue weighted by Gasteiger charge is -2.08. The van der Waals surface area contributed by atoms with Crippen molar-refractivity contribution in [2.45, 2.75) is 0 Å². The Labute approximate surface area is 142 Å². The first-order valence-corrected chi connectivity index (χ1v) is 7.37. The number of esters is 1. The van der Waals surface area contributed by atoms with Gasteiger partial charge in [-0.15, -0.1) is 0 Å². The van der Waals surface area contributed by atoms with Crippen molar-refractivity contribution < 1.29 is 18.7 Å². The third kappa shape index (κ3) is 3.55. The monoisotopic (exact) mass is 339 g/mol. The molecule has 0 fully saturated rings. The van der Waals surface area contributed by atoms with Crippen LogP contribution in [0.3, 0.4) is 0 Å². The summed E-state index contributed by atoms with van der Waals surface area (Å²) in [6.07, 6.45) is 3.36. The number of rotatable bonds is 4. The molecule has 25 heavy (non-hydrogen) atoms. The minimum Gasteiger partial charge on any atom is -0.465 e. The summed E-state index contributed by atoms with van der Waals surface area (Å²) in [7, 11) is 1.20. The van der Waals surface area contributed by atoms with Crippen molar-refractivity contribution in [3.63, 3.8) is 0 Å². The normalized spacial score (nSPS) is 10.3. The number of carbonyl (C=O) groups excluding carboxylic acids is 2. The highest BCUT2D eigenvalue weighted by atomic mass is 19.1. The van der Waals surface area contributed by atoms with E-state index < -0.39 is 17.7 Å². The standard InChI is InChI=1S/C18H14FN3O3/c1-25-18(24)12-4-7-14(15(19)10-12)17(23)22-13-5-2-11(3-6-13)16-20-8-9-21-16/h2-10H,1H3,(H,20,21)(H,22,23). The second kappa shape index (κ2) is 6.96. The molecular weight excluding hydrogens is 325 g/mol. The maximum Gasteiger partial charge on any atom is 0.337 e. The summed E-state index contributed by atoms with van der Waals surface area (Å²) in [5, 5.41) is 2.61. The number of ether oxygens (including phenoxy) is 1. The van der Waals surface area contributed by atoms with Gasteiger partial charge in [-0.05, 0) is 42.5 Å². The molecule has 0 spiro atoms. The van der Waals surface area contributed by atoms with Gasteiger partial charge in [0.15, 0.2) is 0 Å². The van der Waals surface area contributed by atoms with Gasteiger partial charge >= 0.3 is 5.97 Å². The van der Waals surface area contributed by atoms with Gasteiger partial charge in [-0.2, -0.15) is 0 Å². The number of hydrogen-bond acceptors (Lipinski definition) is 4. The van der Waals surface area contributed by atoms with E-state index >= 15 is 0 Å². The number of amides is 1. The Morgan fingerprint density at radius 2 is 1.92 bits per heavy atom. The van der Waals surface area contributed by atoms with Crippen molar-refractivity contribution in [1.29, 1.82) is 0 Å². The number of methoxy groups -OCH3 is 1. The van der Waals surface area contributed by atoms with E-state index in [2.05, 4.69) is 20.0 Å². The summed E-state index contributed by atoms with van der Waals surface area (Å²) in [5.74, 6) is -1.37. The average molecular weight is 339 g/mol. The maximum absolute atomic E-state index is 14.1. The van der Waals surface area contributed by atoms with Crippen LogP contribution in [0.2, 0.25) is 0 Å². The highest BCUT2D eigenvalue weighted by molar-refractivity contribution is 6.05. The van der Waals surface area contributed by atoms with E-state index in [0.717, 1.165) is 11.6 Å². The summed E-state index contributed by atoms with van der Waals surface area (Å²) in [6, 6.07) is 10.5. The molecule has 0 unspecified atom stereocenters. The van der Waals surface area contributed by atoms with E-state index in [1.54, 1.807) is 36.7 Å². The first-order valence-electron chi connectivity index (χ1n) is 7.37. The fraction of sp³-hybridized carbons (Fsp3) is 0.0556. The second-order valence-corrected chi connectivity index (χ2v) is 5.16. The molecule has 0 bridgehead atoms. The predicted octanol–water partition coefficient (Wildman–Crippen LogP) is 3.25. The molecule has 0 saturated carbocycles. The van der Waals surface area contributed by atoms with Crippen LogP contribution in [0.15, 0.2) is 54.9 Å². The SMILES string of the molecule is COC(=O)c1ccc(C(=O)Nc2ccc(-c3ncc[nH]3)cc2)c(F)c1. The number of nitrogens with one attached hydrogen (secondary N) is 2. The Kier molecular flexibility index (Phi) is 4.56. The number of aromatic amines is 1. The van der Waals surface area contributed by atoms with E-state index in [-0.39, 0.29) is 11.1 Å². The number of benzene rings is 2. The van der Waals surface area contributed by atoms with Gasteiger partial charge in [0.25, 0.3) is 5.91 Å². The van der Waals surface area contributed by atoms with E-state index in [9.17, 15) is 14.0 Å². The van der Waals surface area contributed by atoms with Crippen LogP contribution < -0.4 is 5.32 Å². The fourth-order valence-electron chi connectivity index (χ4n) is 2.28. The molecule has 2 N–H and O–H groups in total. The molecular formula is C18H14FN3O3. The first kappa shape index (κ1) is 16.4. The average Bonchev–Trinajstić information content (AvgIpc) is 3.16. The molecule has 0 atom stereocenters. The van der Waals surface area contributed by atoms with Gasteiger partial charge in [-0.25, -0.2) is 14.2 Å². The highest BCUT2D eigenvalue weighted by Crippen LogP contribution is 2.19. The highest BCUT2D eigenvalue weighted by Gasteiger charge is 2.15. The molecule has 7 heteroatoms. The van der Waals surface area contributed by atoms with Crippen molar-refractivity contribution in [3.8, 4) is 11.4 Å². The van der Waals surface area contributed by atoms with Crippen molar-refractivity contribution in [2.75, 3.05) is 12.4 Å². The molecule has 3 aromatic rings. The van der Waals surface area contributed by atoms with Gasteiger partial charge in [0.1, 0.15) is 11.6 Å². The Bertz CT molecular complexity index is 906. The van der Waals surface area contributed by atoms with E-state index in [4.69, 9.17) is 0 Å². The summed E-state index contributed by atoms with van der Waals surface area (Å²) in [5.41, 5.74) is 1.25. The lowest BCUT2D eigenvalue weighted by molar-refractivity contribution is 0.0599. The fourth-order valence-corrected chi connectivity index (χ4v) is 2.28. The molecule has 0 aliphatic heterocycles. The van der Waals surface area contributed by atoms with Gasteiger partial charge in [0.2, 0.25) is 0 Å². The van der Waals surface area contributed by atoms with E-state index in [1.807, 2.05) is 0 Å². The van der Waals surface area contributed by atoms with E-state index in [1.165, 1.54) is 19.2 Å². The van der Waals surface area contributed by atoms with E-state index in [0.29, 0.717) is 11.5 Å². The molecule has 126 valence electrons. The Morgan fingerprint density at radius 1 is 1.16 bits per heavy atom. The topological polar surface area (TPSA) is 84.1 Å². The van der Waals surface area contributed by atoms with Gasteiger partial charge < -0.3 is 15.0 Å². The summed E-state index contributed by atoms with van der Waals surface area (Å²) < 4.78 is 18.6. The summed E-state index contributed by atoms with van der Waals surface area (Å²) in [6.45, 7) is 0. The van der Waals surface area contributed by atoms with Crippen molar-refractivity contribution >= 4 is 17.6 Å². The van der Waals surface area contributed by atoms with Crippen LogP contribution in [0.1, 0.15) is 20.7 Å². The zero-order valence-corrected chi connectivity index (χ0v) is 13.2.